The molecule has 1 atom stereocenters. The van der Waals surface area contributed by atoms with Crippen LogP contribution in [0.4, 0.5) is 0 Å². The molecule has 0 spiro atoms. The van der Waals surface area contributed by atoms with Crippen LogP contribution in [0.5, 0.6) is 0 Å². The van der Waals surface area contributed by atoms with E-state index in [0.717, 1.165) is 26.1 Å². The maximum Gasteiger partial charge on any atom is 0.252 e. The van der Waals surface area contributed by atoms with E-state index < -0.39 is 0 Å². The van der Waals surface area contributed by atoms with Gasteiger partial charge in [-0.05, 0) is 40.8 Å². The van der Waals surface area contributed by atoms with Crippen LogP contribution in [0.25, 0.3) is 0 Å². The van der Waals surface area contributed by atoms with Crippen LogP contribution in [0.15, 0.2) is 16.9 Å². The zero-order valence-electron chi connectivity index (χ0n) is 9.79. The minimum Gasteiger partial charge on any atom is -0.381 e. The monoisotopic (exact) mass is 332 g/mol. The van der Waals surface area contributed by atoms with Gasteiger partial charge >= 0.3 is 0 Å². The summed E-state index contributed by atoms with van der Waals surface area (Å²) in [5.41, 5.74) is 0.472. The predicted octanol–water partition coefficient (Wildman–Crippen LogP) is 2.65. The summed E-state index contributed by atoms with van der Waals surface area (Å²) in [5, 5.41) is 3.32. The molecule has 2 rings (SSSR count). The van der Waals surface area contributed by atoms with Crippen LogP contribution in [0, 0.1) is 5.92 Å². The predicted molar refractivity (Wildman–Crippen MR) is 72.8 cm³/mol. The summed E-state index contributed by atoms with van der Waals surface area (Å²) >= 11 is 9.09. The zero-order valence-corrected chi connectivity index (χ0v) is 12.1. The quantitative estimate of drug-likeness (QED) is 0.865. The van der Waals surface area contributed by atoms with Crippen LogP contribution >= 0.6 is 27.5 Å². The van der Waals surface area contributed by atoms with Crippen LogP contribution in [0.2, 0.25) is 5.02 Å². The first-order valence-corrected chi connectivity index (χ1v) is 7.01. The second kappa shape index (κ2) is 6.50. The topological polar surface area (TPSA) is 51.2 Å². The highest BCUT2D eigenvalue weighted by molar-refractivity contribution is 9.10. The Morgan fingerprint density at radius 3 is 3.17 bits per heavy atom. The molecule has 0 unspecified atom stereocenters. The number of carbonyl (C=O) groups excluding carboxylic acids is 1. The number of rotatable bonds is 3. The molecule has 1 N–H and O–H groups in total. The average Bonchev–Trinajstić information content (AvgIpc) is 2.40. The van der Waals surface area contributed by atoms with E-state index in [1.165, 1.54) is 6.20 Å². The van der Waals surface area contributed by atoms with Crippen molar-refractivity contribution in [2.75, 3.05) is 19.8 Å². The van der Waals surface area contributed by atoms with Gasteiger partial charge in [0.15, 0.2) is 0 Å². The van der Waals surface area contributed by atoms with Gasteiger partial charge in [0.25, 0.3) is 5.91 Å². The van der Waals surface area contributed by atoms with Crippen LogP contribution in [-0.4, -0.2) is 30.6 Å². The van der Waals surface area contributed by atoms with E-state index in [1.807, 2.05) is 0 Å². The lowest BCUT2D eigenvalue weighted by Crippen LogP contribution is -2.33. The third-order valence-electron chi connectivity index (χ3n) is 2.86. The first kappa shape index (κ1) is 13.8. The molecule has 0 aromatic carbocycles. The van der Waals surface area contributed by atoms with Crippen molar-refractivity contribution in [3.05, 3.63) is 27.5 Å². The maximum atomic E-state index is 11.9. The lowest BCUT2D eigenvalue weighted by Gasteiger charge is -2.22. The second-order valence-corrected chi connectivity index (χ2v) is 5.45. The van der Waals surface area contributed by atoms with E-state index in [0.29, 0.717) is 27.7 Å². The van der Waals surface area contributed by atoms with Gasteiger partial charge in [0.1, 0.15) is 4.60 Å². The van der Waals surface area contributed by atoms with Crippen molar-refractivity contribution in [1.29, 1.82) is 0 Å². The van der Waals surface area contributed by atoms with Gasteiger partial charge < -0.3 is 10.1 Å². The Hall–Kier alpha value is -0.650. The van der Waals surface area contributed by atoms with E-state index in [9.17, 15) is 4.79 Å². The highest BCUT2D eigenvalue weighted by atomic mass is 79.9. The lowest BCUT2D eigenvalue weighted by molar-refractivity contribution is 0.0536. The zero-order chi connectivity index (χ0) is 13.0. The van der Waals surface area contributed by atoms with Crippen molar-refractivity contribution in [1.82, 2.24) is 10.3 Å². The SMILES string of the molecule is O=C(NC[C@@H]1CCCOC1)c1cnc(Br)c(Cl)c1. The summed E-state index contributed by atoms with van der Waals surface area (Å²) in [6, 6.07) is 1.60. The lowest BCUT2D eigenvalue weighted by atomic mass is 10.0. The molecule has 0 radical (unpaired) electrons. The maximum absolute atomic E-state index is 11.9. The third kappa shape index (κ3) is 3.67. The molecule has 0 bridgehead atoms. The van der Waals surface area contributed by atoms with E-state index >= 15 is 0 Å². The molecular formula is C12H14BrClN2O2. The van der Waals surface area contributed by atoms with Gasteiger partial charge in [-0.3, -0.25) is 4.79 Å². The molecule has 1 aliphatic rings. The minimum atomic E-state index is -0.150. The van der Waals surface area contributed by atoms with Gasteiger partial charge in [0, 0.05) is 19.3 Å². The molecule has 0 saturated carbocycles. The fourth-order valence-electron chi connectivity index (χ4n) is 1.85. The number of pyridine rings is 1. The molecule has 1 aliphatic heterocycles. The molecule has 1 amide bonds. The molecule has 1 saturated heterocycles. The van der Waals surface area contributed by atoms with Crippen molar-refractivity contribution in [3.63, 3.8) is 0 Å². The van der Waals surface area contributed by atoms with E-state index in [4.69, 9.17) is 16.3 Å². The molecule has 6 heteroatoms. The third-order valence-corrected chi connectivity index (χ3v) is 4.01. The Bertz CT molecular complexity index is 436. The normalized spacial score (nSPS) is 19.6. The molecule has 4 nitrogen and oxygen atoms in total. The largest absolute Gasteiger partial charge is 0.381 e. The number of hydrogen-bond donors (Lipinski definition) is 1. The van der Waals surface area contributed by atoms with Gasteiger partial charge in [-0.15, -0.1) is 0 Å². The number of carbonyl (C=O) groups is 1. The molecule has 1 aromatic heterocycles. The smallest absolute Gasteiger partial charge is 0.252 e. The number of hydrogen-bond acceptors (Lipinski definition) is 3. The van der Waals surface area contributed by atoms with Crippen molar-refractivity contribution in [2.24, 2.45) is 5.92 Å². The van der Waals surface area contributed by atoms with Gasteiger partial charge in [-0.1, -0.05) is 11.6 Å². The summed E-state index contributed by atoms with van der Waals surface area (Å²) in [7, 11) is 0. The average molecular weight is 334 g/mol. The van der Waals surface area contributed by atoms with Crippen LogP contribution in [-0.2, 0) is 4.74 Å². The van der Waals surface area contributed by atoms with Crippen molar-refractivity contribution in [3.8, 4) is 0 Å². The number of amides is 1. The van der Waals surface area contributed by atoms with Crippen molar-refractivity contribution < 1.29 is 9.53 Å². The number of nitrogens with one attached hydrogen (secondary N) is 1. The Labute approximate surface area is 119 Å². The Kier molecular flexibility index (Phi) is 4.97. The van der Waals surface area contributed by atoms with Gasteiger partial charge in [-0.2, -0.15) is 0 Å². The number of halogens is 2. The Morgan fingerprint density at radius 1 is 1.67 bits per heavy atom. The summed E-state index contributed by atoms with van der Waals surface area (Å²) in [5.74, 6) is 0.254. The van der Waals surface area contributed by atoms with Crippen LogP contribution in [0.1, 0.15) is 23.2 Å². The molecule has 2 heterocycles. The van der Waals surface area contributed by atoms with Gasteiger partial charge in [0.2, 0.25) is 0 Å². The highest BCUT2D eigenvalue weighted by Crippen LogP contribution is 2.20. The molecule has 1 fully saturated rings. The second-order valence-electron chi connectivity index (χ2n) is 4.29. The minimum absolute atomic E-state index is 0.150. The first-order valence-electron chi connectivity index (χ1n) is 5.84. The van der Waals surface area contributed by atoms with E-state index in [2.05, 4.69) is 26.2 Å². The van der Waals surface area contributed by atoms with Crippen molar-refractivity contribution >= 4 is 33.4 Å². The number of ether oxygens (including phenoxy) is 1. The fraction of sp³-hybridized carbons (Fsp3) is 0.500. The van der Waals surface area contributed by atoms with Gasteiger partial charge in [-0.25, -0.2) is 4.98 Å². The summed E-state index contributed by atoms with van der Waals surface area (Å²) < 4.78 is 5.91. The summed E-state index contributed by atoms with van der Waals surface area (Å²) in [6.07, 6.45) is 3.66. The molecular weight excluding hydrogens is 320 g/mol. The van der Waals surface area contributed by atoms with Gasteiger partial charge in [0.05, 0.1) is 17.2 Å². The molecule has 1 aromatic rings. The Balaban J connectivity index is 1.88. The van der Waals surface area contributed by atoms with E-state index in [1.54, 1.807) is 6.07 Å². The van der Waals surface area contributed by atoms with E-state index in [-0.39, 0.29) is 5.91 Å². The summed E-state index contributed by atoms with van der Waals surface area (Å²) in [4.78, 5) is 15.9. The molecule has 98 valence electrons. The van der Waals surface area contributed by atoms with Crippen LogP contribution in [0.3, 0.4) is 0 Å². The van der Waals surface area contributed by atoms with Crippen LogP contribution < -0.4 is 5.32 Å². The first-order chi connectivity index (χ1) is 8.66. The standard InChI is InChI=1S/C12H14BrClN2O2/c13-11-10(14)4-9(6-15-11)12(17)16-5-8-2-1-3-18-7-8/h4,6,8H,1-3,5,7H2,(H,16,17)/t8-/m0/s1. The molecule has 18 heavy (non-hydrogen) atoms. The molecule has 0 aliphatic carbocycles. The number of nitrogens with zero attached hydrogens (tertiary/aromatic N) is 1. The highest BCUT2D eigenvalue weighted by Gasteiger charge is 2.15. The number of aromatic nitrogens is 1. The summed E-state index contributed by atoms with van der Waals surface area (Å²) in [6.45, 7) is 2.18. The Morgan fingerprint density at radius 2 is 2.50 bits per heavy atom. The fourth-order valence-corrected chi connectivity index (χ4v) is 2.24. The van der Waals surface area contributed by atoms with Crippen molar-refractivity contribution in [2.45, 2.75) is 12.8 Å².